The molecule has 4 rings (SSSR count). The maximum Gasteiger partial charge on any atom is 0.290 e. The first-order chi connectivity index (χ1) is 15.5. The van der Waals surface area contributed by atoms with E-state index in [0.717, 1.165) is 16.9 Å². The van der Waals surface area contributed by atoms with Gasteiger partial charge in [-0.15, -0.1) is 0 Å². The standard InChI is InChI=1S/C26H29NO5/c1-17(2)18-7-9-20(10-8-18)32-16-22-21-15-25(30-4)24(29-3)14-19(21)11-12-27(22)26(28)23-6-5-13-31-23/h5-10,13-15,17,22H,11-12,16H2,1-4H3/t22-/m0/s1. The molecule has 0 radical (unpaired) electrons. The highest BCUT2D eigenvalue weighted by atomic mass is 16.5. The van der Waals surface area contributed by atoms with E-state index in [2.05, 4.69) is 26.0 Å². The third-order valence-corrected chi connectivity index (χ3v) is 5.95. The molecule has 0 fully saturated rings. The van der Waals surface area contributed by atoms with Crippen molar-refractivity contribution in [2.45, 2.75) is 32.2 Å². The van der Waals surface area contributed by atoms with Crippen LogP contribution in [0.25, 0.3) is 0 Å². The zero-order chi connectivity index (χ0) is 22.7. The summed E-state index contributed by atoms with van der Waals surface area (Å²) >= 11 is 0. The Morgan fingerprint density at radius 1 is 1.09 bits per heavy atom. The summed E-state index contributed by atoms with van der Waals surface area (Å²) in [6, 6.07) is 15.2. The van der Waals surface area contributed by atoms with Gasteiger partial charge in [-0.1, -0.05) is 26.0 Å². The smallest absolute Gasteiger partial charge is 0.290 e. The second-order valence-electron chi connectivity index (χ2n) is 8.18. The molecule has 0 spiro atoms. The molecule has 168 valence electrons. The summed E-state index contributed by atoms with van der Waals surface area (Å²) in [5.74, 6) is 2.70. The van der Waals surface area contributed by atoms with Crippen molar-refractivity contribution in [1.29, 1.82) is 0 Å². The Morgan fingerprint density at radius 2 is 1.81 bits per heavy atom. The van der Waals surface area contributed by atoms with Crippen LogP contribution in [0.2, 0.25) is 0 Å². The molecule has 32 heavy (non-hydrogen) atoms. The number of rotatable bonds is 7. The maximum absolute atomic E-state index is 13.2. The number of fused-ring (bicyclic) bond motifs is 1. The Bertz CT molecular complexity index is 1060. The lowest BCUT2D eigenvalue weighted by Gasteiger charge is -2.37. The average Bonchev–Trinajstić information content (AvgIpc) is 3.36. The fourth-order valence-corrected chi connectivity index (χ4v) is 4.12. The predicted molar refractivity (Wildman–Crippen MR) is 122 cm³/mol. The fraction of sp³-hybridized carbons (Fsp3) is 0.346. The van der Waals surface area contributed by atoms with Crippen LogP contribution >= 0.6 is 0 Å². The number of furan rings is 1. The monoisotopic (exact) mass is 435 g/mol. The van der Waals surface area contributed by atoms with Gasteiger partial charge in [0.15, 0.2) is 17.3 Å². The zero-order valence-electron chi connectivity index (χ0n) is 19.0. The molecular formula is C26H29NO5. The van der Waals surface area contributed by atoms with Crippen LogP contribution in [0.5, 0.6) is 17.2 Å². The molecular weight excluding hydrogens is 406 g/mol. The van der Waals surface area contributed by atoms with E-state index in [1.54, 1.807) is 26.4 Å². The summed E-state index contributed by atoms with van der Waals surface area (Å²) in [7, 11) is 3.24. The molecule has 6 heteroatoms. The number of benzene rings is 2. The van der Waals surface area contributed by atoms with Crippen LogP contribution < -0.4 is 14.2 Å². The Balaban J connectivity index is 1.65. The molecule has 0 aliphatic carbocycles. The maximum atomic E-state index is 13.2. The molecule has 0 saturated carbocycles. The minimum absolute atomic E-state index is 0.154. The SMILES string of the molecule is COc1cc2c(cc1OC)[C@H](COc1ccc(C(C)C)cc1)N(C(=O)c1ccco1)CC2. The number of amides is 1. The van der Waals surface area contributed by atoms with Crippen LogP contribution in [0, 0.1) is 0 Å². The topological polar surface area (TPSA) is 61.1 Å². The fourth-order valence-electron chi connectivity index (χ4n) is 4.12. The minimum Gasteiger partial charge on any atom is -0.493 e. The van der Waals surface area contributed by atoms with E-state index in [0.29, 0.717) is 42.7 Å². The molecule has 2 aromatic carbocycles. The highest BCUT2D eigenvalue weighted by molar-refractivity contribution is 5.92. The molecule has 6 nitrogen and oxygen atoms in total. The molecule has 1 aromatic heterocycles. The van der Waals surface area contributed by atoms with Crippen molar-refractivity contribution in [2.75, 3.05) is 27.4 Å². The van der Waals surface area contributed by atoms with Crippen molar-refractivity contribution in [3.05, 3.63) is 77.2 Å². The van der Waals surface area contributed by atoms with Gasteiger partial charge < -0.3 is 23.5 Å². The first kappa shape index (κ1) is 21.8. The van der Waals surface area contributed by atoms with E-state index in [1.807, 2.05) is 29.2 Å². The second-order valence-corrected chi connectivity index (χ2v) is 8.18. The molecule has 0 unspecified atom stereocenters. The molecule has 1 aliphatic rings. The van der Waals surface area contributed by atoms with Crippen molar-refractivity contribution < 1.29 is 23.4 Å². The van der Waals surface area contributed by atoms with Crippen LogP contribution in [0.15, 0.2) is 59.2 Å². The average molecular weight is 436 g/mol. The highest BCUT2D eigenvalue weighted by Gasteiger charge is 2.34. The van der Waals surface area contributed by atoms with E-state index in [9.17, 15) is 4.79 Å². The first-order valence-corrected chi connectivity index (χ1v) is 10.8. The van der Waals surface area contributed by atoms with Gasteiger partial charge in [-0.2, -0.15) is 0 Å². The summed E-state index contributed by atoms with van der Waals surface area (Å²) in [5.41, 5.74) is 3.37. The Morgan fingerprint density at radius 3 is 2.44 bits per heavy atom. The van der Waals surface area contributed by atoms with Crippen molar-refractivity contribution >= 4 is 5.91 Å². The zero-order valence-corrected chi connectivity index (χ0v) is 19.0. The summed E-state index contributed by atoms with van der Waals surface area (Å²) < 4.78 is 22.6. The molecule has 1 atom stereocenters. The molecule has 0 bridgehead atoms. The number of carbonyl (C=O) groups is 1. The largest absolute Gasteiger partial charge is 0.493 e. The quantitative estimate of drug-likeness (QED) is 0.508. The van der Waals surface area contributed by atoms with Gasteiger partial charge in [-0.05, 0) is 65.4 Å². The Labute approximate surface area is 188 Å². The van der Waals surface area contributed by atoms with E-state index >= 15 is 0 Å². The molecule has 1 amide bonds. The van der Waals surface area contributed by atoms with Crippen molar-refractivity contribution in [3.63, 3.8) is 0 Å². The summed E-state index contributed by atoms with van der Waals surface area (Å²) in [4.78, 5) is 15.0. The van der Waals surface area contributed by atoms with Gasteiger partial charge in [-0.25, -0.2) is 0 Å². The lowest BCUT2D eigenvalue weighted by molar-refractivity contribution is 0.0557. The van der Waals surface area contributed by atoms with Crippen molar-refractivity contribution in [1.82, 2.24) is 4.90 Å². The van der Waals surface area contributed by atoms with Crippen LogP contribution in [0.3, 0.4) is 0 Å². The van der Waals surface area contributed by atoms with Crippen LogP contribution in [-0.2, 0) is 6.42 Å². The van der Waals surface area contributed by atoms with Gasteiger partial charge >= 0.3 is 0 Å². The number of nitrogens with zero attached hydrogens (tertiary/aromatic N) is 1. The molecule has 0 saturated heterocycles. The lowest BCUT2D eigenvalue weighted by Crippen LogP contribution is -2.42. The van der Waals surface area contributed by atoms with Crippen LogP contribution in [-0.4, -0.2) is 38.2 Å². The van der Waals surface area contributed by atoms with Crippen LogP contribution in [0.1, 0.15) is 53.1 Å². The van der Waals surface area contributed by atoms with Gasteiger partial charge in [0.25, 0.3) is 5.91 Å². The van der Waals surface area contributed by atoms with Gasteiger partial charge in [0.1, 0.15) is 12.4 Å². The van der Waals surface area contributed by atoms with E-state index < -0.39 is 0 Å². The third-order valence-electron chi connectivity index (χ3n) is 5.95. The number of hydrogen-bond donors (Lipinski definition) is 0. The van der Waals surface area contributed by atoms with E-state index in [-0.39, 0.29) is 11.9 Å². The third kappa shape index (κ3) is 4.31. The highest BCUT2D eigenvalue weighted by Crippen LogP contribution is 2.39. The van der Waals surface area contributed by atoms with Crippen molar-refractivity contribution in [2.24, 2.45) is 0 Å². The number of hydrogen-bond acceptors (Lipinski definition) is 5. The lowest BCUT2D eigenvalue weighted by atomic mass is 9.92. The predicted octanol–water partition coefficient (Wildman–Crippen LogP) is 5.24. The van der Waals surface area contributed by atoms with E-state index in [4.69, 9.17) is 18.6 Å². The molecule has 0 N–H and O–H groups in total. The molecule has 3 aromatic rings. The first-order valence-electron chi connectivity index (χ1n) is 10.8. The molecule has 1 aliphatic heterocycles. The summed E-state index contributed by atoms with van der Waals surface area (Å²) in [6.45, 7) is 5.20. The summed E-state index contributed by atoms with van der Waals surface area (Å²) in [6.07, 6.45) is 2.22. The molecule has 2 heterocycles. The van der Waals surface area contributed by atoms with Gasteiger partial charge in [0.2, 0.25) is 0 Å². The number of ether oxygens (including phenoxy) is 3. The minimum atomic E-state index is -0.291. The van der Waals surface area contributed by atoms with E-state index in [1.165, 1.54) is 11.8 Å². The number of methoxy groups -OCH3 is 2. The van der Waals surface area contributed by atoms with Crippen LogP contribution in [0.4, 0.5) is 0 Å². The Hall–Kier alpha value is -3.41. The normalized spacial score (nSPS) is 15.4. The van der Waals surface area contributed by atoms with Gasteiger partial charge in [-0.3, -0.25) is 4.79 Å². The Kier molecular flexibility index (Phi) is 6.40. The number of carbonyl (C=O) groups excluding carboxylic acids is 1. The summed E-state index contributed by atoms with van der Waals surface area (Å²) in [5, 5.41) is 0. The van der Waals surface area contributed by atoms with Gasteiger partial charge in [0, 0.05) is 6.54 Å². The van der Waals surface area contributed by atoms with Crippen molar-refractivity contribution in [3.8, 4) is 17.2 Å². The van der Waals surface area contributed by atoms with Gasteiger partial charge in [0.05, 0.1) is 26.5 Å². The second kappa shape index (κ2) is 9.39.